The molecule has 3 heteroatoms. The van der Waals surface area contributed by atoms with Crippen LogP contribution in [0.25, 0.3) is 0 Å². The monoisotopic (exact) mass is 234 g/mol. The summed E-state index contributed by atoms with van der Waals surface area (Å²) in [5, 5.41) is 3.03. The third-order valence-corrected chi connectivity index (χ3v) is 2.72. The molecule has 17 heavy (non-hydrogen) atoms. The Balaban J connectivity index is 2.91. The zero-order valence-corrected chi connectivity index (χ0v) is 11.2. The maximum absolute atomic E-state index is 11.8. The van der Waals surface area contributed by atoms with Crippen LogP contribution in [0.1, 0.15) is 25.0 Å². The van der Waals surface area contributed by atoms with Gasteiger partial charge in [-0.2, -0.15) is 0 Å². The van der Waals surface area contributed by atoms with Crippen molar-refractivity contribution in [3.05, 3.63) is 29.3 Å². The standard InChI is InChI=1S/C14H22N2O/c1-5-11-8-7-9-12(6-2)14(11)15-13(17)10-16(3)4/h7-9H,5-6,10H2,1-4H3,(H,15,17). The van der Waals surface area contributed by atoms with Crippen LogP contribution in [0, 0.1) is 0 Å². The first-order chi connectivity index (χ1) is 8.08. The molecule has 0 fully saturated rings. The van der Waals surface area contributed by atoms with Gasteiger partial charge < -0.3 is 10.2 Å². The first-order valence-electron chi connectivity index (χ1n) is 6.13. The molecule has 1 amide bonds. The van der Waals surface area contributed by atoms with Gasteiger partial charge in [-0.05, 0) is 38.1 Å². The molecule has 0 radical (unpaired) electrons. The van der Waals surface area contributed by atoms with E-state index in [0.29, 0.717) is 6.54 Å². The van der Waals surface area contributed by atoms with Crippen LogP contribution in [-0.4, -0.2) is 31.4 Å². The molecule has 0 aliphatic heterocycles. The first kappa shape index (κ1) is 13.7. The summed E-state index contributed by atoms with van der Waals surface area (Å²) in [6.07, 6.45) is 1.87. The van der Waals surface area contributed by atoms with Crippen molar-refractivity contribution < 1.29 is 4.79 Å². The second-order valence-electron chi connectivity index (χ2n) is 4.44. The minimum absolute atomic E-state index is 0.0469. The number of carbonyl (C=O) groups excluding carboxylic acids is 1. The minimum atomic E-state index is 0.0469. The van der Waals surface area contributed by atoms with E-state index < -0.39 is 0 Å². The highest BCUT2D eigenvalue weighted by molar-refractivity contribution is 5.93. The fourth-order valence-electron chi connectivity index (χ4n) is 1.87. The molecule has 0 aliphatic rings. The van der Waals surface area contributed by atoms with Crippen LogP contribution in [0.15, 0.2) is 18.2 Å². The van der Waals surface area contributed by atoms with E-state index in [4.69, 9.17) is 0 Å². The van der Waals surface area contributed by atoms with Crippen molar-refractivity contribution in [2.75, 3.05) is 26.0 Å². The lowest BCUT2D eigenvalue weighted by atomic mass is 10.0. The summed E-state index contributed by atoms with van der Waals surface area (Å²) in [6, 6.07) is 6.20. The van der Waals surface area contributed by atoms with Gasteiger partial charge in [0.2, 0.25) is 5.91 Å². The van der Waals surface area contributed by atoms with Crippen molar-refractivity contribution in [1.29, 1.82) is 0 Å². The summed E-state index contributed by atoms with van der Waals surface area (Å²) in [6.45, 7) is 4.63. The molecule has 0 aliphatic carbocycles. The van der Waals surface area contributed by atoms with Gasteiger partial charge in [0.15, 0.2) is 0 Å². The van der Waals surface area contributed by atoms with Crippen LogP contribution < -0.4 is 5.32 Å². The van der Waals surface area contributed by atoms with Gasteiger partial charge in [-0.25, -0.2) is 0 Å². The molecular formula is C14H22N2O. The molecule has 94 valence electrons. The summed E-state index contributed by atoms with van der Waals surface area (Å²) in [5.74, 6) is 0.0469. The average molecular weight is 234 g/mol. The Kier molecular flexibility index (Phi) is 5.16. The Morgan fingerprint density at radius 1 is 1.18 bits per heavy atom. The molecule has 1 rings (SSSR count). The normalized spacial score (nSPS) is 10.6. The Bertz CT molecular complexity index is 364. The number of anilines is 1. The minimum Gasteiger partial charge on any atom is -0.324 e. The summed E-state index contributed by atoms with van der Waals surface area (Å²) in [5.41, 5.74) is 3.41. The second-order valence-corrected chi connectivity index (χ2v) is 4.44. The number of likely N-dealkylation sites (N-methyl/N-ethyl adjacent to an activating group) is 1. The molecule has 0 unspecified atom stereocenters. The van der Waals surface area contributed by atoms with Crippen LogP contribution in [0.2, 0.25) is 0 Å². The molecule has 0 spiro atoms. The SMILES string of the molecule is CCc1cccc(CC)c1NC(=O)CN(C)C. The number of nitrogens with zero attached hydrogens (tertiary/aromatic N) is 1. The van der Waals surface area contributed by atoms with Crippen LogP contribution in [0.3, 0.4) is 0 Å². The largest absolute Gasteiger partial charge is 0.324 e. The van der Waals surface area contributed by atoms with Crippen molar-refractivity contribution in [3.63, 3.8) is 0 Å². The van der Waals surface area contributed by atoms with E-state index in [1.54, 1.807) is 0 Å². The van der Waals surface area contributed by atoms with E-state index in [-0.39, 0.29) is 5.91 Å². The quantitative estimate of drug-likeness (QED) is 0.848. The topological polar surface area (TPSA) is 32.3 Å². The van der Waals surface area contributed by atoms with E-state index in [1.165, 1.54) is 11.1 Å². The van der Waals surface area contributed by atoms with E-state index >= 15 is 0 Å². The number of hydrogen-bond acceptors (Lipinski definition) is 2. The van der Waals surface area contributed by atoms with Gasteiger partial charge in [0.05, 0.1) is 6.54 Å². The van der Waals surface area contributed by atoms with Crippen LogP contribution in [0.4, 0.5) is 5.69 Å². The van der Waals surface area contributed by atoms with Crippen molar-refractivity contribution in [1.82, 2.24) is 4.90 Å². The third-order valence-electron chi connectivity index (χ3n) is 2.72. The lowest BCUT2D eigenvalue weighted by Crippen LogP contribution is -2.27. The van der Waals surface area contributed by atoms with Crippen molar-refractivity contribution in [2.24, 2.45) is 0 Å². The molecule has 1 aromatic carbocycles. The van der Waals surface area contributed by atoms with E-state index in [1.807, 2.05) is 19.0 Å². The highest BCUT2D eigenvalue weighted by Crippen LogP contribution is 2.22. The summed E-state index contributed by atoms with van der Waals surface area (Å²) in [4.78, 5) is 13.7. The zero-order valence-electron chi connectivity index (χ0n) is 11.2. The lowest BCUT2D eigenvalue weighted by Gasteiger charge is -2.16. The molecule has 1 aromatic rings. The molecule has 0 bridgehead atoms. The number of hydrogen-bond donors (Lipinski definition) is 1. The van der Waals surface area contributed by atoms with Gasteiger partial charge in [0.25, 0.3) is 0 Å². The lowest BCUT2D eigenvalue weighted by molar-refractivity contribution is -0.116. The molecular weight excluding hydrogens is 212 g/mol. The number of amides is 1. The van der Waals surface area contributed by atoms with Crippen LogP contribution >= 0.6 is 0 Å². The number of carbonyl (C=O) groups is 1. The van der Waals surface area contributed by atoms with Gasteiger partial charge in [-0.15, -0.1) is 0 Å². The van der Waals surface area contributed by atoms with Crippen molar-refractivity contribution in [2.45, 2.75) is 26.7 Å². The van der Waals surface area contributed by atoms with E-state index in [2.05, 4.69) is 37.4 Å². The number of para-hydroxylation sites is 1. The number of nitrogens with one attached hydrogen (secondary N) is 1. The zero-order chi connectivity index (χ0) is 12.8. The second kappa shape index (κ2) is 6.40. The fourth-order valence-corrected chi connectivity index (χ4v) is 1.87. The predicted molar refractivity (Wildman–Crippen MR) is 72.4 cm³/mol. The molecule has 3 nitrogen and oxygen atoms in total. The maximum atomic E-state index is 11.8. The highest BCUT2D eigenvalue weighted by atomic mass is 16.2. The van der Waals surface area contributed by atoms with Crippen LogP contribution in [0.5, 0.6) is 0 Å². The van der Waals surface area contributed by atoms with Crippen LogP contribution in [-0.2, 0) is 17.6 Å². The highest BCUT2D eigenvalue weighted by Gasteiger charge is 2.10. The first-order valence-corrected chi connectivity index (χ1v) is 6.13. The number of rotatable bonds is 5. The Hall–Kier alpha value is -1.35. The predicted octanol–water partition coefficient (Wildman–Crippen LogP) is 2.31. The van der Waals surface area contributed by atoms with Gasteiger partial charge in [0, 0.05) is 5.69 Å². The molecule has 1 N–H and O–H groups in total. The molecule has 0 aromatic heterocycles. The van der Waals surface area contributed by atoms with E-state index in [9.17, 15) is 4.79 Å². The Morgan fingerprint density at radius 3 is 2.12 bits per heavy atom. The molecule has 0 saturated heterocycles. The van der Waals surface area contributed by atoms with Gasteiger partial charge in [0.1, 0.15) is 0 Å². The molecule has 0 atom stereocenters. The fraction of sp³-hybridized carbons (Fsp3) is 0.500. The Morgan fingerprint density at radius 2 is 1.71 bits per heavy atom. The summed E-state index contributed by atoms with van der Waals surface area (Å²) in [7, 11) is 3.79. The summed E-state index contributed by atoms with van der Waals surface area (Å²) >= 11 is 0. The smallest absolute Gasteiger partial charge is 0.238 e. The molecule has 0 saturated carbocycles. The van der Waals surface area contributed by atoms with Gasteiger partial charge >= 0.3 is 0 Å². The average Bonchev–Trinajstić information content (AvgIpc) is 2.28. The number of aryl methyl sites for hydroxylation is 2. The molecule has 0 heterocycles. The summed E-state index contributed by atoms with van der Waals surface area (Å²) < 4.78 is 0. The van der Waals surface area contributed by atoms with Gasteiger partial charge in [-0.1, -0.05) is 32.0 Å². The van der Waals surface area contributed by atoms with Crippen molar-refractivity contribution in [3.8, 4) is 0 Å². The number of benzene rings is 1. The van der Waals surface area contributed by atoms with E-state index in [0.717, 1.165) is 18.5 Å². The van der Waals surface area contributed by atoms with Crippen molar-refractivity contribution >= 4 is 11.6 Å². The maximum Gasteiger partial charge on any atom is 0.238 e. The Labute approximate surface area is 104 Å². The third kappa shape index (κ3) is 3.86. The van der Waals surface area contributed by atoms with Gasteiger partial charge in [-0.3, -0.25) is 4.79 Å².